The van der Waals surface area contributed by atoms with Crippen molar-refractivity contribution in [2.45, 2.75) is 23.8 Å². The van der Waals surface area contributed by atoms with Crippen LogP contribution in [-0.2, 0) is 19.5 Å². The molecule has 1 amide bonds. The number of amides is 1. The van der Waals surface area contributed by atoms with E-state index in [4.69, 9.17) is 21.1 Å². The van der Waals surface area contributed by atoms with Crippen molar-refractivity contribution in [3.63, 3.8) is 0 Å². The average molecular weight is 480 g/mol. The zero-order chi connectivity index (χ0) is 22.6. The Hall–Kier alpha value is -2.17. The molecule has 0 radical (unpaired) electrons. The van der Waals surface area contributed by atoms with Crippen molar-refractivity contribution < 1.29 is 22.7 Å². The fourth-order valence-electron chi connectivity index (χ4n) is 3.74. The maximum atomic E-state index is 13.1. The smallest absolute Gasteiger partial charge is 0.257 e. The molecule has 8 nitrogen and oxygen atoms in total. The Balaban J connectivity index is 1.62. The van der Waals surface area contributed by atoms with E-state index in [9.17, 15) is 13.2 Å². The van der Waals surface area contributed by atoms with E-state index in [2.05, 4.69) is 10.6 Å². The SMILES string of the molecule is O=C(Nc1cc(S(=O)(=O)N2CCOCC2)ccc1NCC1CCCO1)c1ccccc1Cl. The number of halogens is 1. The van der Waals surface area contributed by atoms with Gasteiger partial charge in [-0.15, -0.1) is 0 Å². The summed E-state index contributed by atoms with van der Waals surface area (Å²) < 4.78 is 38.6. The highest BCUT2D eigenvalue weighted by Crippen LogP contribution is 2.29. The largest absolute Gasteiger partial charge is 0.381 e. The summed E-state index contributed by atoms with van der Waals surface area (Å²) in [6.07, 6.45) is 2.05. The van der Waals surface area contributed by atoms with Crippen LogP contribution in [0.15, 0.2) is 47.4 Å². The first-order chi connectivity index (χ1) is 15.4. The van der Waals surface area contributed by atoms with Crippen LogP contribution >= 0.6 is 11.6 Å². The predicted molar refractivity (Wildman–Crippen MR) is 123 cm³/mol. The summed E-state index contributed by atoms with van der Waals surface area (Å²) in [6, 6.07) is 11.4. The number of rotatable bonds is 7. The second-order valence-corrected chi connectivity index (χ2v) is 10.0. The first-order valence-corrected chi connectivity index (χ1v) is 12.4. The molecular formula is C22H26ClN3O5S. The maximum Gasteiger partial charge on any atom is 0.257 e. The van der Waals surface area contributed by atoms with Gasteiger partial charge < -0.3 is 20.1 Å². The number of benzene rings is 2. The zero-order valence-electron chi connectivity index (χ0n) is 17.6. The van der Waals surface area contributed by atoms with Crippen LogP contribution in [0.1, 0.15) is 23.2 Å². The van der Waals surface area contributed by atoms with Gasteiger partial charge >= 0.3 is 0 Å². The Bertz CT molecular complexity index is 1070. The Morgan fingerprint density at radius 1 is 1.09 bits per heavy atom. The van der Waals surface area contributed by atoms with E-state index in [0.29, 0.717) is 54.8 Å². The van der Waals surface area contributed by atoms with Crippen molar-refractivity contribution in [1.29, 1.82) is 0 Å². The molecule has 1 atom stereocenters. The third kappa shape index (κ3) is 5.24. The minimum absolute atomic E-state index is 0.0823. The molecule has 2 N–H and O–H groups in total. The number of carbonyl (C=O) groups is 1. The van der Waals surface area contributed by atoms with Crippen molar-refractivity contribution in [1.82, 2.24) is 4.31 Å². The summed E-state index contributed by atoms with van der Waals surface area (Å²) in [5.41, 5.74) is 1.28. The number of carbonyl (C=O) groups excluding carboxylic acids is 1. The number of anilines is 2. The second kappa shape index (κ2) is 10.2. The maximum absolute atomic E-state index is 13.1. The normalized spacial score (nSPS) is 19.6. The zero-order valence-corrected chi connectivity index (χ0v) is 19.1. The molecule has 2 aromatic carbocycles. The molecule has 0 aromatic heterocycles. The molecule has 10 heteroatoms. The summed E-state index contributed by atoms with van der Waals surface area (Å²) in [5, 5.41) is 6.42. The third-order valence-corrected chi connectivity index (χ3v) is 7.73. The minimum atomic E-state index is -3.72. The van der Waals surface area contributed by atoms with Gasteiger partial charge in [0, 0.05) is 26.2 Å². The lowest BCUT2D eigenvalue weighted by Gasteiger charge is -2.26. The molecule has 0 bridgehead atoms. The van der Waals surface area contributed by atoms with Crippen molar-refractivity contribution in [2.75, 3.05) is 50.1 Å². The Kier molecular flexibility index (Phi) is 7.32. The van der Waals surface area contributed by atoms with E-state index in [-0.39, 0.29) is 11.0 Å². The van der Waals surface area contributed by atoms with Crippen LogP contribution in [0.4, 0.5) is 11.4 Å². The van der Waals surface area contributed by atoms with Crippen LogP contribution in [-0.4, -0.2) is 64.2 Å². The van der Waals surface area contributed by atoms with Crippen LogP contribution in [0, 0.1) is 0 Å². The number of nitrogens with one attached hydrogen (secondary N) is 2. The van der Waals surface area contributed by atoms with Gasteiger partial charge in [0.1, 0.15) is 0 Å². The molecule has 2 heterocycles. The van der Waals surface area contributed by atoms with E-state index in [1.807, 2.05) is 0 Å². The summed E-state index contributed by atoms with van der Waals surface area (Å²) in [4.78, 5) is 13.0. The molecule has 2 aliphatic rings. The van der Waals surface area contributed by atoms with Crippen LogP contribution < -0.4 is 10.6 Å². The lowest BCUT2D eigenvalue weighted by Crippen LogP contribution is -2.40. The average Bonchev–Trinajstić information content (AvgIpc) is 3.32. The molecule has 1 unspecified atom stereocenters. The number of hydrogen-bond acceptors (Lipinski definition) is 6. The van der Waals surface area contributed by atoms with Gasteiger partial charge in [0.2, 0.25) is 10.0 Å². The van der Waals surface area contributed by atoms with Crippen LogP contribution in [0.2, 0.25) is 5.02 Å². The number of ether oxygens (including phenoxy) is 2. The van der Waals surface area contributed by atoms with Crippen LogP contribution in [0.25, 0.3) is 0 Å². The first kappa shape index (κ1) is 23.0. The van der Waals surface area contributed by atoms with Crippen LogP contribution in [0.3, 0.4) is 0 Å². The first-order valence-electron chi connectivity index (χ1n) is 10.6. The van der Waals surface area contributed by atoms with Crippen LogP contribution in [0.5, 0.6) is 0 Å². The van der Waals surface area contributed by atoms with Gasteiger partial charge in [-0.3, -0.25) is 4.79 Å². The highest BCUT2D eigenvalue weighted by Gasteiger charge is 2.27. The number of hydrogen-bond donors (Lipinski definition) is 2. The van der Waals surface area contributed by atoms with E-state index < -0.39 is 15.9 Å². The predicted octanol–water partition coefficient (Wildman–Crippen LogP) is 3.20. The van der Waals surface area contributed by atoms with E-state index in [1.165, 1.54) is 10.4 Å². The van der Waals surface area contributed by atoms with Crippen molar-refractivity contribution in [2.24, 2.45) is 0 Å². The fraction of sp³-hybridized carbons (Fsp3) is 0.409. The summed E-state index contributed by atoms with van der Waals surface area (Å²) in [5.74, 6) is -0.420. The minimum Gasteiger partial charge on any atom is -0.381 e. The quantitative estimate of drug-likeness (QED) is 0.633. The van der Waals surface area contributed by atoms with E-state index in [0.717, 1.165) is 19.4 Å². The molecular weight excluding hydrogens is 454 g/mol. The Morgan fingerprint density at radius 2 is 1.88 bits per heavy atom. The molecule has 2 saturated heterocycles. The molecule has 0 spiro atoms. The summed E-state index contributed by atoms with van der Waals surface area (Å²) in [6.45, 7) is 2.60. The van der Waals surface area contributed by atoms with Gasteiger partial charge in [0.15, 0.2) is 0 Å². The van der Waals surface area contributed by atoms with E-state index >= 15 is 0 Å². The Morgan fingerprint density at radius 3 is 2.59 bits per heavy atom. The second-order valence-electron chi connectivity index (χ2n) is 7.67. The summed E-state index contributed by atoms with van der Waals surface area (Å²) in [7, 11) is -3.72. The van der Waals surface area contributed by atoms with Crippen molar-refractivity contribution in [3.05, 3.63) is 53.1 Å². The molecule has 172 valence electrons. The molecule has 0 aliphatic carbocycles. The standard InChI is InChI=1S/C22H26ClN3O5S/c23-19-6-2-1-5-18(19)22(27)25-21-14-17(32(28,29)26-9-12-30-13-10-26)7-8-20(21)24-15-16-4-3-11-31-16/h1-2,5-8,14,16,24H,3-4,9-13,15H2,(H,25,27). The fourth-order valence-corrected chi connectivity index (χ4v) is 5.40. The molecule has 32 heavy (non-hydrogen) atoms. The molecule has 4 rings (SSSR count). The van der Waals surface area contributed by atoms with Gasteiger partial charge in [0.25, 0.3) is 5.91 Å². The third-order valence-electron chi connectivity index (χ3n) is 5.51. The molecule has 2 aromatic rings. The van der Waals surface area contributed by atoms with Gasteiger partial charge in [0.05, 0.1) is 46.2 Å². The Labute approximate surface area is 192 Å². The molecule has 0 saturated carbocycles. The monoisotopic (exact) mass is 479 g/mol. The van der Waals surface area contributed by atoms with E-state index in [1.54, 1.807) is 36.4 Å². The highest BCUT2D eigenvalue weighted by atomic mass is 35.5. The van der Waals surface area contributed by atoms with Crippen molar-refractivity contribution >= 4 is 38.9 Å². The number of morpholine rings is 1. The number of nitrogens with zero attached hydrogens (tertiary/aromatic N) is 1. The molecule has 2 fully saturated rings. The lowest BCUT2D eigenvalue weighted by atomic mass is 10.2. The topological polar surface area (TPSA) is 97.0 Å². The van der Waals surface area contributed by atoms with Crippen molar-refractivity contribution in [3.8, 4) is 0 Å². The summed E-state index contributed by atoms with van der Waals surface area (Å²) >= 11 is 6.17. The van der Waals surface area contributed by atoms with Gasteiger partial charge in [-0.05, 0) is 43.2 Å². The van der Waals surface area contributed by atoms with Gasteiger partial charge in [-0.25, -0.2) is 8.42 Å². The highest BCUT2D eigenvalue weighted by molar-refractivity contribution is 7.89. The lowest BCUT2D eigenvalue weighted by molar-refractivity contribution is 0.0730. The van der Waals surface area contributed by atoms with Gasteiger partial charge in [-0.1, -0.05) is 23.7 Å². The molecule has 2 aliphatic heterocycles. The number of sulfonamides is 1. The van der Waals surface area contributed by atoms with Gasteiger partial charge in [-0.2, -0.15) is 4.31 Å².